The average molecular weight is 354 g/mol. The van der Waals surface area contributed by atoms with Crippen LogP contribution in [-0.4, -0.2) is 30.5 Å². The van der Waals surface area contributed by atoms with Crippen molar-refractivity contribution in [3.8, 4) is 0 Å². The molecule has 0 unspecified atom stereocenters. The molecule has 106 valence electrons. The second-order valence-electron chi connectivity index (χ2n) is 5.05. The van der Waals surface area contributed by atoms with Gasteiger partial charge in [-0.05, 0) is 18.2 Å². The monoisotopic (exact) mass is 353 g/mol. The highest BCUT2D eigenvalue weighted by Gasteiger charge is 2.17. The van der Waals surface area contributed by atoms with Crippen LogP contribution in [0.1, 0.15) is 11.4 Å². The molecule has 1 aliphatic rings. The number of aromatic nitrogens is 1. The molecule has 1 aliphatic heterocycles. The Morgan fingerprint density at radius 3 is 3.10 bits per heavy atom. The highest BCUT2D eigenvalue weighted by molar-refractivity contribution is 9.10. The molecule has 0 aliphatic carbocycles. The minimum atomic E-state index is 0.123. The second-order valence-corrected chi connectivity index (χ2v) is 7.08. The third-order valence-electron chi connectivity index (χ3n) is 3.41. The molecule has 1 saturated heterocycles. The number of aryl methyl sites for hydroxylation is 1. The maximum atomic E-state index is 11.8. The molecule has 1 fully saturated rings. The molecule has 1 aromatic heterocycles. The number of rotatable bonds is 5. The largest absolute Gasteiger partial charge is 0.356 e. The molecule has 0 bridgehead atoms. The fourth-order valence-corrected chi connectivity index (χ4v) is 3.41. The minimum absolute atomic E-state index is 0.123. The molecular weight excluding hydrogens is 338 g/mol. The fraction of sp³-hybridized carbons (Fsp3) is 0.429. The quantitative estimate of drug-likeness (QED) is 0.867. The Morgan fingerprint density at radius 2 is 2.35 bits per heavy atom. The second kappa shape index (κ2) is 6.20. The lowest BCUT2D eigenvalue weighted by molar-refractivity contribution is -0.121. The van der Waals surface area contributed by atoms with Crippen molar-refractivity contribution < 1.29 is 4.79 Å². The summed E-state index contributed by atoms with van der Waals surface area (Å²) >= 11 is 5.11. The Hall–Kier alpha value is -0.980. The molecule has 6 heteroatoms. The number of fused-ring (bicyclic) bond motifs is 1. The first-order chi connectivity index (χ1) is 9.70. The van der Waals surface area contributed by atoms with Crippen LogP contribution in [0.2, 0.25) is 0 Å². The lowest BCUT2D eigenvalue weighted by atomic mass is 10.0. The van der Waals surface area contributed by atoms with Crippen LogP contribution in [0.25, 0.3) is 10.2 Å². The lowest BCUT2D eigenvalue weighted by Gasteiger charge is -2.27. The van der Waals surface area contributed by atoms with E-state index in [4.69, 9.17) is 0 Å². The van der Waals surface area contributed by atoms with Crippen molar-refractivity contribution in [2.24, 2.45) is 5.92 Å². The van der Waals surface area contributed by atoms with E-state index in [0.29, 0.717) is 18.8 Å². The van der Waals surface area contributed by atoms with E-state index in [2.05, 4.69) is 37.6 Å². The summed E-state index contributed by atoms with van der Waals surface area (Å²) in [5.74, 6) is 0.732. The van der Waals surface area contributed by atoms with Crippen LogP contribution >= 0.6 is 27.3 Å². The van der Waals surface area contributed by atoms with Crippen LogP contribution in [0.15, 0.2) is 22.7 Å². The van der Waals surface area contributed by atoms with E-state index in [1.807, 2.05) is 12.1 Å². The van der Waals surface area contributed by atoms with Gasteiger partial charge in [0.05, 0.1) is 15.2 Å². The van der Waals surface area contributed by atoms with Crippen molar-refractivity contribution >= 4 is 43.4 Å². The Kier molecular flexibility index (Phi) is 4.33. The number of hydrogen-bond donors (Lipinski definition) is 2. The van der Waals surface area contributed by atoms with Crippen molar-refractivity contribution in [2.45, 2.75) is 12.8 Å². The molecule has 4 nitrogen and oxygen atoms in total. The topological polar surface area (TPSA) is 54.0 Å². The molecule has 2 heterocycles. The van der Waals surface area contributed by atoms with Gasteiger partial charge in [-0.2, -0.15) is 0 Å². The average Bonchev–Trinajstić information content (AvgIpc) is 2.76. The van der Waals surface area contributed by atoms with E-state index < -0.39 is 0 Å². The molecular formula is C14H16BrN3OS. The zero-order chi connectivity index (χ0) is 13.9. The van der Waals surface area contributed by atoms with Gasteiger partial charge in [-0.3, -0.25) is 4.79 Å². The van der Waals surface area contributed by atoms with Gasteiger partial charge in [0.15, 0.2) is 0 Å². The first-order valence-electron chi connectivity index (χ1n) is 6.73. The predicted octanol–water partition coefficient (Wildman–Crippen LogP) is 2.33. The van der Waals surface area contributed by atoms with Crippen LogP contribution in [0, 0.1) is 5.92 Å². The van der Waals surface area contributed by atoms with Gasteiger partial charge in [0.2, 0.25) is 5.91 Å². The van der Waals surface area contributed by atoms with Crippen LogP contribution in [0.3, 0.4) is 0 Å². The number of nitrogens with one attached hydrogen (secondary N) is 2. The molecule has 20 heavy (non-hydrogen) atoms. The summed E-state index contributed by atoms with van der Waals surface area (Å²) in [5, 5.41) is 7.21. The lowest BCUT2D eigenvalue weighted by Crippen LogP contribution is -2.48. The van der Waals surface area contributed by atoms with E-state index in [9.17, 15) is 4.79 Å². The SMILES string of the molecule is O=C(CCc1nc2cc(Br)ccc2s1)NCC1CNC1. The zero-order valence-corrected chi connectivity index (χ0v) is 13.4. The number of amides is 1. The van der Waals surface area contributed by atoms with Gasteiger partial charge in [-0.25, -0.2) is 4.98 Å². The van der Waals surface area contributed by atoms with Gasteiger partial charge < -0.3 is 10.6 Å². The van der Waals surface area contributed by atoms with E-state index >= 15 is 0 Å². The first-order valence-corrected chi connectivity index (χ1v) is 8.34. The van der Waals surface area contributed by atoms with Crippen molar-refractivity contribution in [1.82, 2.24) is 15.6 Å². The maximum Gasteiger partial charge on any atom is 0.220 e. The summed E-state index contributed by atoms with van der Waals surface area (Å²) in [4.78, 5) is 16.3. The maximum absolute atomic E-state index is 11.8. The predicted molar refractivity (Wildman–Crippen MR) is 85.0 cm³/mol. The van der Waals surface area contributed by atoms with E-state index in [1.54, 1.807) is 11.3 Å². The van der Waals surface area contributed by atoms with Crippen LogP contribution < -0.4 is 10.6 Å². The van der Waals surface area contributed by atoms with Crippen LogP contribution in [0.4, 0.5) is 0 Å². The number of thiazole rings is 1. The molecule has 3 rings (SSSR count). The Labute approximate surface area is 130 Å². The summed E-state index contributed by atoms with van der Waals surface area (Å²) in [6, 6.07) is 6.09. The molecule has 0 radical (unpaired) electrons. The Morgan fingerprint density at radius 1 is 1.50 bits per heavy atom. The Bertz CT molecular complexity index is 624. The van der Waals surface area contributed by atoms with E-state index in [-0.39, 0.29) is 5.91 Å². The summed E-state index contributed by atoms with van der Waals surface area (Å²) in [6.45, 7) is 2.83. The summed E-state index contributed by atoms with van der Waals surface area (Å²) in [6.07, 6.45) is 1.23. The van der Waals surface area contributed by atoms with Gasteiger partial charge in [0.1, 0.15) is 0 Å². The van der Waals surface area contributed by atoms with Crippen LogP contribution in [-0.2, 0) is 11.2 Å². The molecule has 1 aromatic carbocycles. The van der Waals surface area contributed by atoms with Crippen LogP contribution in [0.5, 0.6) is 0 Å². The van der Waals surface area contributed by atoms with Crippen molar-refractivity contribution in [3.63, 3.8) is 0 Å². The summed E-state index contributed by atoms with van der Waals surface area (Å²) < 4.78 is 2.21. The molecule has 2 aromatic rings. The van der Waals surface area contributed by atoms with Crippen molar-refractivity contribution in [1.29, 1.82) is 0 Å². The third-order valence-corrected chi connectivity index (χ3v) is 5.00. The first kappa shape index (κ1) is 14.0. The molecule has 0 saturated carbocycles. The molecule has 2 N–H and O–H groups in total. The Balaban J connectivity index is 1.52. The highest BCUT2D eigenvalue weighted by atomic mass is 79.9. The smallest absolute Gasteiger partial charge is 0.220 e. The van der Waals surface area contributed by atoms with E-state index in [1.165, 1.54) is 4.70 Å². The number of hydrogen-bond acceptors (Lipinski definition) is 4. The normalized spacial score (nSPS) is 15.2. The summed E-state index contributed by atoms with van der Waals surface area (Å²) in [5.41, 5.74) is 1.00. The number of nitrogens with zero attached hydrogens (tertiary/aromatic N) is 1. The van der Waals surface area contributed by atoms with Gasteiger partial charge >= 0.3 is 0 Å². The third kappa shape index (κ3) is 3.37. The highest BCUT2D eigenvalue weighted by Crippen LogP contribution is 2.25. The standard InChI is InChI=1S/C14H16BrN3OS/c15-10-1-2-12-11(5-10)18-14(20-12)4-3-13(19)17-8-9-6-16-7-9/h1-2,5,9,16H,3-4,6-8H2,(H,17,19). The van der Waals surface area contributed by atoms with Crippen molar-refractivity contribution in [2.75, 3.05) is 19.6 Å². The fourth-order valence-electron chi connectivity index (χ4n) is 2.12. The number of carbonyl (C=O) groups excluding carboxylic acids is 1. The van der Waals surface area contributed by atoms with Gasteiger partial charge in [0.25, 0.3) is 0 Å². The minimum Gasteiger partial charge on any atom is -0.356 e. The summed E-state index contributed by atoms with van der Waals surface area (Å²) in [7, 11) is 0. The van der Waals surface area contributed by atoms with Gasteiger partial charge in [0, 0.05) is 42.9 Å². The zero-order valence-electron chi connectivity index (χ0n) is 11.0. The van der Waals surface area contributed by atoms with Crippen molar-refractivity contribution in [3.05, 3.63) is 27.7 Å². The molecule has 1 amide bonds. The molecule has 0 spiro atoms. The van der Waals surface area contributed by atoms with E-state index in [0.717, 1.165) is 34.6 Å². The molecule has 0 atom stereocenters. The van der Waals surface area contributed by atoms with Gasteiger partial charge in [-0.15, -0.1) is 11.3 Å². The van der Waals surface area contributed by atoms with Gasteiger partial charge in [-0.1, -0.05) is 15.9 Å². The number of carbonyl (C=O) groups is 1. The number of benzene rings is 1. The number of halogens is 1.